The van der Waals surface area contributed by atoms with E-state index < -0.39 is 0 Å². The number of ether oxygens (including phenoxy) is 1. The van der Waals surface area contributed by atoms with Crippen LogP contribution in [0.5, 0.6) is 5.75 Å². The lowest BCUT2D eigenvalue weighted by Gasteiger charge is -2.36. The first-order valence-electron chi connectivity index (χ1n) is 13.2. The van der Waals surface area contributed by atoms with Crippen LogP contribution in [0.4, 0.5) is 0 Å². The molecule has 2 aliphatic rings. The van der Waals surface area contributed by atoms with Crippen molar-refractivity contribution < 1.29 is 4.74 Å². The third-order valence-corrected chi connectivity index (χ3v) is 8.24. The summed E-state index contributed by atoms with van der Waals surface area (Å²) in [6.07, 6.45) is 6.47. The lowest BCUT2D eigenvalue weighted by Crippen LogP contribution is -2.29. The molecule has 4 rings (SSSR count). The Bertz CT molecular complexity index is 922. The number of hydrogen-bond acceptors (Lipinski definition) is 1. The zero-order valence-corrected chi connectivity index (χ0v) is 21.4. The van der Waals surface area contributed by atoms with E-state index in [4.69, 9.17) is 4.74 Å². The van der Waals surface area contributed by atoms with Crippen LogP contribution in [0.15, 0.2) is 36.4 Å². The fraction of sp³-hybridized carbons (Fsp3) is 0.613. The summed E-state index contributed by atoms with van der Waals surface area (Å²) in [7, 11) is 0. The Labute approximate surface area is 197 Å². The fourth-order valence-electron chi connectivity index (χ4n) is 6.13. The first-order valence-corrected chi connectivity index (χ1v) is 13.2. The van der Waals surface area contributed by atoms with Crippen LogP contribution in [0.2, 0.25) is 0 Å². The van der Waals surface area contributed by atoms with Crippen molar-refractivity contribution in [2.45, 2.75) is 110 Å². The highest BCUT2D eigenvalue weighted by molar-refractivity contribution is 5.43. The maximum atomic E-state index is 6.66. The second-order valence-corrected chi connectivity index (χ2v) is 11.6. The molecular weight excluding hydrogens is 388 g/mol. The number of aryl methyl sites for hydroxylation is 1. The monoisotopic (exact) mass is 432 g/mol. The summed E-state index contributed by atoms with van der Waals surface area (Å²) in [5.41, 5.74) is 7.53. The zero-order valence-electron chi connectivity index (χ0n) is 21.4. The van der Waals surface area contributed by atoms with Gasteiger partial charge in [-0.3, -0.25) is 0 Å². The normalized spacial score (nSPS) is 23.8. The molecule has 0 saturated carbocycles. The maximum absolute atomic E-state index is 6.66. The largest absolute Gasteiger partial charge is 0.490 e. The van der Waals surface area contributed by atoms with E-state index in [2.05, 4.69) is 84.9 Å². The number of rotatable bonds is 6. The molecule has 174 valence electrons. The van der Waals surface area contributed by atoms with E-state index in [0.29, 0.717) is 29.8 Å². The van der Waals surface area contributed by atoms with E-state index in [1.165, 1.54) is 36.0 Å². The molecule has 0 spiro atoms. The number of hydrogen-bond donors (Lipinski definition) is 0. The minimum Gasteiger partial charge on any atom is -0.490 e. The molecule has 32 heavy (non-hydrogen) atoms. The highest BCUT2D eigenvalue weighted by atomic mass is 16.5. The van der Waals surface area contributed by atoms with Crippen LogP contribution < -0.4 is 4.74 Å². The van der Waals surface area contributed by atoms with E-state index in [1.807, 2.05) is 0 Å². The summed E-state index contributed by atoms with van der Waals surface area (Å²) in [5.74, 6) is 4.89. The van der Waals surface area contributed by atoms with Gasteiger partial charge >= 0.3 is 0 Å². The molecule has 1 aliphatic heterocycles. The van der Waals surface area contributed by atoms with E-state index in [1.54, 1.807) is 11.1 Å². The molecule has 0 aromatic heterocycles. The predicted octanol–water partition coefficient (Wildman–Crippen LogP) is 8.97. The van der Waals surface area contributed by atoms with Gasteiger partial charge in [0.05, 0.1) is 6.10 Å². The molecule has 1 heterocycles. The molecule has 4 atom stereocenters. The molecule has 1 heteroatoms. The van der Waals surface area contributed by atoms with Gasteiger partial charge < -0.3 is 4.74 Å². The van der Waals surface area contributed by atoms with Gasteiger partial charge in [-0.05, 0) is 101 Å². The molecule has 1 nitrogen and oxygen atoms in total. The van der Waals surface area contributed by atoms with Crippen molar-refractivity contribution in [1.29, 1.82) is 0 Å². The van der Waals surface area contributed by atoms with Crippen LogP contribution in [0.25, 0.3) is 0 Å². The lowest BCUT2D eigenvalue weighted by atomic mass is 9.75. The van der Waals surface area contributed by atoms with Gasteiger partial charge in [0.2, 0.25) is 0 Å². The number of fused-ring (bicyclic) bond motifs is 2. The van der Waals surface area contributed by atoms with E-state index in [9.17, 15) is 0 Å². The molecule has 2 aromatic rings. The maximum Gasteiger partial charge on any atom is 0.123 e. The van der Waals surface area contributed by atoms with Gasteiger partial charge in [-0.1, -0.05) is 78.8 Å². The molecule has 2 aromatic carbocycles. The van der Waals surface area contributed by atoms with E-state index >= 15 is 0 Å². The highest BCUT2D eigenvalue weighted by Crippen LogP contribution is 2.44. The first-order chi connectivity index (χ1) is 15.2. The van der Waals surface area contributed by atoms with Gasteiger partial charge in [0.1, 0.15) is 5.75 Å². The molecule has 0 bridgehead atoms. The smallest absolute Gasteiger partial charge is 0.123 e. The van der Waals surface area contributed by atoms with E-state index in [-0.39, 0.29) is 0 Å². The van der Waals surface area contributed by atoms with E-state index in [0.717, 1.165) is 30.4 Å². The van der Waals surface area contributed by atoms with Gasteiger partial charge in [-0.15, -0.1) is 0 Å². The van der Waals surface area contributed by atoms with Crippen molar-refractivity contribution in [3.63, 3.8) is 0 Å². The lowest BCUT2D eigenvalue weighted by molar-refractivity contribution is 0.132. The summed E-state index contributed by atoms with van der Waals surface area (Å²) in [6.45, 7) is 16.4. The van der Waals surface area contributed by atoms with Crippen LogP contribution in [-0.2, 0) is 6.42 Å². The first kappa shape index (κ1) is 23.4. The standard InChI is InChI=1S/C31H44O/c1-19(2)23-11-14-29-30(21(5)6)18-26(32-31(29)17-23)15-22(7)24-12-13-28-25(16-24)9-8-10-27(28)20(3)4/h11-14,16-17,19-22,26-27,30H,8-10,15,18H2,1-7H3. The van der Waals surface area contributed by atoms with Crippen LogP contribution >= 0.6 is 0 Å². The molecular formula is C31H44O. The Morgan fingerprint density at radius 3 is 2.19 bits per heavy atom. The highest BCUT2D eigenvalue weighted by Gasteiger charge is 2.32. The minimum atomic E-state index is 0.298. The molecule has 0 saturated heterocycles. The summed E-state index contributed by atoms with van der Waals surface area (Å²) in [6, 6.07) is 14.4. The van der Waals surface area contributed by atoms with Crippen molar-refractivity contribution in [2.75, 3.05) is 0 Å². The van der Waals surface area contributed by atoms with Crippen molar-refractivity contribution in [2.24, 2.45) is 11.8 Å². The van der Waals surface area contributed by atoms with Gasteiger partial charge in [0, 0.05) is 0 Å². The summed E-state index contributed by atoms with van der Waals surface area (Å²) < 4.78 is 6.66. The Balaban J connectivity index is 1.53. The molecule has 0 amide bonds. The van der Waals surface area contributed by atoms with Crippen LogP contribution in [-0.4, -0.2) is 6.10 Å². The Hall–Kier alpha value is -1.76. The van der Waals surface area contributed by atoms with Crippen LogP contribution in [0, 0.1) is 11.8 Å². The topological polar surface area (TPSA) is 9.23 Å². The van der Waals surface area contributed by atoms with Crippen molar-refractivity contribution >= 4 is 0 Å². The fourth-order valence-corrected chi connectivity index (χ4v) is 6.13. The van der Waals surface area contributed by atoms with Crippen molar-refractivity contribution in [3.8, 4) is 5.75 Å². The second-order valence-electron chi connectivity index (χ2n) is 11.6. The van der Waals surface area contributed by atoms with Gasteiger partial charge in [0.25, 0.3) is 0 Å². The Morgan fingerprint density at radius 2 is 1.50 bits per heavy atom. The summed E-state index contributed by atoms with van der Waals surface area (Å²) in [4.78, 5) is 0. The van der Waals surface area contributed by atoms with Crippen LogP contribution in [0.1, 0.15) is 126 Å². The quantitative estimate of drug-likeness (QED) is 0.442. The zero-order chi connectivity index (χ0) is 23.0. The van der Waals surface area contributed by atoms with Gasteiger partial charge in [0.15, 0.2) is 0 Å². The Morgan fingerprint density at radius 1 is 0.812 bits per heavy atom. The second kappa shape index (κ2) is 9.62. The Kier molecular flexibility index (Phi) is 7.03. The van der Waals surface area contributed by atoms with Crippen molar-refractivity contribution in [3.05, 3.63) is 64.2 Å². The average Bonchev–Trinajstić information content (AvgIpc) is 2.76. The molecule has 0 radical (unpaired) electrons. The average molecular weight is 433 g/mol. The third-order valence-electron chi connectivity index (χ3n) is 8.24. The molecule has 4 unspecified atom stereocenters. The summed E-state index contributed by atoms with van der Waals surface area (Å²) >= 11 is 0. The molecule has 0 fully saturated rings. The molecule has 0 N–H and O–H groups in total. The summed E-state index contributed by atoms with van der Waals surface area (Å²) in [5, 5.41) is 0. The van der Waals surface area contributed by atoms with Crippen LogP contribution in [0.3, 0.4) is 0 Å². The third kappa shape index (κ3) is 4.78. The molecule has 1 aliphatic carbocycles. The van der Waals surface area contributed by atoms with Crippen molar-refractivity contribution in [1.82, 2.24) is 0 Å². The van der Waals surface area contributed by atoms with Gasteiger partial charge in [-0.25, -0.2) is 0 Å². The number of benzene rings is 2. The SMILES string of the molecule is CC(C)c1ccc2c(c1)OC(CC(C)c1ccc3c(c1)CCCC3C(C)C)CC2C(C)C. The minimum absolute atomic E-state index is 0.298. The predicted molar refractivity (Wildman–Crippen MR) is 137 cm³/mol. The van der Waals surface area contributed by atoms with Gasteiger partial charge in [-0.2, -0.15) is 0 Å².